The van der Waals surface area contributed by atoms with E-state index in [-0.39, 0.29) is 30.1 Å². The number of nitrogens with zero attached hydrogens (tertiary/aromatic N) is 2. The van der Waals surface area contributed by atoms with Gasteiger partial charge in [-0.05, 0) is 36.2 Å². The van der Waals surface area contributed by atoms with Crippen molar-refractivity contribution in [2.75, 3.05) is 32.2 Å². The lowest BCUT2D eigenvalue weighted by atomic mass is 10.2. The molecule has 0 aromatic heterocycles. The quantitative estimate of drug-likeness (QED) is 0.612. The minimum atomic E-state index is -3.08. The number of sulfone groups is 1. The van der Waals surface area contributed by atoms with Crippen LogP contribution in [0, 0.1) is 0 Å². The molecule has 1 aliphatic rings. The van der Waals surface area contributed by atoms with E-state index >= 15 is 0 Å². The Labute approximate surface area is 171 Å². The number of amides is 1. The highest BCUT2D eigenvalue weighted by molar-refractivity contribution is 7.91. The second kappa shape index (κ2) is 9.28. The van der Waals surface area contributed by atoms with E-state index < -0.39 is 9.84 Å². The lowest BCUT2D eigenvalue weighted by molar-refractivity contribution is -0.151. The molecule has 0 aliphatic carbocycles. The normalized spacial score (nSPS) is 17.8. The van der Waals surface area contributed by atoms with Crippen LogP contribution in [-0.4, -0.2) is 62.6 Å². The van der Waals surface area contributed by atoms with E-state index in [0.29, 0.717) is 24.5 Å². The number of hydrazine groups is 1. The van der Waals surface area contributed by atoms with Gasteiger partial charge >= 0.3 is 0 Å². The number of ether oxygens (including phenoxy) is 2. The van der Waals surface area contributed by atoms with Crippen molar-refractivity contribution >= 4 is 15.7 Å². The van der Waals surface area contributed by atoms with E-state index in [0.717, 1.165) is 5.56 Å². The van der Waals surface area contributed by atoms with Crippen LogP contribution in [0.1, 0.15) is 12.0 Å². The van der Waals surface area contributed by atoms with Crippen LogP contribution in [0.5, 0.6) is 11.5 Å². The zero-order valence-electron chi connectivity index (χ0n) is 16.7. The molecule has 1 atom stereocenters. The number of carbonyl (C=O) groups excluding carboxylic acids is 1. The average Bonchev–Trinajstić information content (AvgIpc) is 3.05. The molecule has 2 aromatic carbocycles. The Kier molecular flexibility index (Phi) is 6.76. The Morgan fingerprint density at radius 3 is 2.17 bits per heavy atom. The lowest BCUT2D eigenvalue weighted by Gasteiger charge is -2.33. The first-order valence-corrected chi connectivity index (χ1v) is 11.3. The third-order valence-electron chi connectivity index (χ3n) is 4.68. The zero-order chi connectivity index (χ0) is 20.9. The second-order valence-corrected chi connectivity index (χ2v) is 9.41. The number of benzene rings is 2. The summed E-state index contributed by atoms with van der Waals surface area (Å²) in [6, 6.07) is 16.6. The molecular weight excluding hydrogens is 392 g/mol. The maximum atomic E-state index is 12.6. The van der Waals surface area contributed by atoms with Gasteiger partial charge in [-0.3, -0.25) is 9.80 Å². The highest BCUT2D eigenvalue weighted by atomic mass is 32.2. The lowest BCUT2D eigenvalue weighted by Crippen LogP contribution is -2.51. The fourth-order valence-electron chi connectivity index (χ4n) is 3.31. The second-order valence-electron chi connectivity index (χ2n) is 7.18. The third kappa shape index (κ3) is 5.95. The van der Waals surface area contributed by atoms with Crippen LogP contribution in [0.25, 0.3) is 0 Å². The molecule has 0 N–H and O–H groups in total. The van der Waals surface area contributed by atoms with Crippen molar-refractivity contribution < 1.29 is 22.7 Å². The van der Waals surface area contributed by atoms with Crippen LogP contribution in [0.15, 0.2) is 54.6 Å². The van der Waals surface area contributed by atoms with Crippen LogP contribution in [-0.2, 0) is 21.2 Å². The summed E-state index contributed by atoms with van der Waals surface area (Å²) >= 11 is 0. The zero-order valence-corrected chi connectivity index (χ0v) is 17.5. The first-order chi connectivity index (χ1) is 13.8. The van der Waals surface area contributed by atoms with E-state index in [1.54, 1.807) is 43.4 Å². The molecule has 1 aliphatic heterocycles. The van der Waals surface area contributed by atoms with Crippen LogP contribution in [0.3, 0.4) is 0 Å². The van der Waals surface area contributed by atoms with Gasteiger partial charge in [0.2, 0.25) is 0 Å². The summed E-state index contributed by atoms with van der Waals surface area (Å²) in [6.45, 7) is 0.306. The van der Waals surface area contributed by atoms with E-state index in [2.05, 4.69) is 0 Å². The van der Waals surface area contributed by atoms with Gasteiger partial charge in [-0.15, -0.1) is 0 Å². The summed E-state index contributed by atoms with van der Waals surface area (Å²) in [4.78, 5) is 12.6. The summed E-state index contributed by atoms with van der Waals surface area (Å²) in [7, 11) is 0.368. The molecule has 1 amide bonds. The van der Waals surface area contributed by atoms with Gasteiger partial charge in [-0.25, -0.2) is 13.4 Å². The molecule has 0 spiro atoms. The van der Waals surface area contributed by atoms with Crippen molar-refractivity contribution in [3.63, 3.8) is 0 Å². The Hall–Kier alpha value is -2.58. The first-order valence-electron chi connectivity index (χ1n) is 9.43. The summed E-state index contributed by atoms with van der Waals surface area (Å²) in [6.07, 6.45) is 0.444. The molecule has 7 nitrogen and oxygen atoms in total. The van der Waals surface area contributed by atoms with Gasteiger partial charge in [0.05, 0.1) is 17.5 Å². The molecule has 2 aromatic rings. The van der Waals surface area contributed by atoms with Crippen molar-refractivity contribution in [2.24, 2.45) is 0 Å². The summed E-state index contributed by atoms with van der Waals surface area (Å²) in [5.74, 6) is 1.08. The average molecular weight is 419 g/mol. The summed E-state index contributed by atoms with van der Waals surface area (Å²) in [5, 5.41) is 3.10. The summed E-state index contributed by atoms with van der Waals surface area (Å²) in [5.41, 5.74) is 1.08. The van der Waals surface area contributed by atoms with Crippen molar-refractivity contribution in [1.29, 1.82) is 0 Å². The molecule has 1 fully saturated rings. The molecule has 0 radical (unpaired) electrons. The molecule has 29 heavy (non-hydrogen) atoms. The maximum Gasteiger partial charge on any atom is 0.275 e. The van der Waals surface area contributed by atoms with Crippen LogP contribution in [0.2, 0.25) is 0 Å². The fraction of sp³-hybridized carbons (Fsp3) is 0.381. The van der Waals surface area contributed by atoms with Gasteiger partial charge in [-0.2, -0.15) is 0 Å². The Morgan fingerprint density at radius 1 is 1.00 bits per heavy atom. The number of hydrogen-bond acceptors (Lipinski definition) is 6. The standard InChI is InChI=1S/C21H26N2O5S/c1-22(2)23(18-12-13-29(25,26)16-18)21(24)15-28-20-10-8-19(9-11-20)27-14-17-6-4-3-5-7-17/h3-11,18H,12-16H2,1-2H3. The largest absolute Gasteiger partial charge is 0.489 e. The van der Waals surface area contributed by atoms with Gasteiger partial charge in [0.1, 0.15) is 18.1 Å². The number of hydrogen-bond donors (Lipinski definition) is 0. The first kappa shape index (κ1) is 21.1. The summed E-state index contributed by atoms with van der Waals surface area (Å²) < 4.78 is 34.8. The highest BCUT2D eigenvalue weighted by Crippen LogP contribution is 2.21. The number of carbonyl (C=O) groups is 1. The molecule has 0 saturated carbocycles. The molecule has 1 saturated heterocycles. The molecule has 1 heterocycles. The van der Waals surface area contributed by atoms with Crippen molar-refractivity contribution in [3.8, 4) is 11.5 Å². The fourth-order valence-corrected chi connectivity index (χ4v) is 5.00. The van der Waals surface area contributed by atoms with Crippen molar-refractivity contribution in [2.45, 2.75) is 19.1 Å². The minimum Gasteiger partial charge on any atom is -0.489 e. The Morgan fingerprint density at radius 2 is 1.62 bits per heavy atom. The van der Waals surface area contributed by atoms with Gasteiger partial charge in [0, 0.05) is 14.1 Å². The van der Waals surface area contributed by atoms with Gasteiger partial charge in [0.15, 0.2) is 16.4 Å². The third-order valence-corrected chi connectivity index (χ3v) is 6.43. The Balaban J connectivity index is 1.52. The molecule has 8 heteroatoms. The van der Waals surface area contributed by atoms with Crippen molar-refractivity contribution in [1.82, 2.24) is 10.0 Å². The van der Waals surface area contributed by atoms with Crippen LogP contribution >= 0.6 is 0 Å². The van der Waals surface area contributed by atoms with Gasteiger partial charge < -0.3 is 9.47 Å². The SMILES string of the molecule is CN(C)N(C(=O)COc1ccc(OCc2ccccc2)cc1)C1CCS(=O)(=O)C1. The van der Waals surface area contributed by atoms with E-state index in [9.17, 15) is 13.2 Å². The van der Waals surface area contributed by atoms with Crippen LogP contribution in [0.4, 0.5) is 0 Å². The highest BCUT2D eigenvalue weighted by Gasteiger charge is 2.36. The Bertz CT molecular complexity index is 914. The predicted octanol–water partition coefficient (Wildman–Crippen LogP) is 2.14. The molecule has 1 unspecified atom stereocenters. The van der Waals surface area contributed by atoms with E-state index in [1.807, 2.05) is 30.3 Å². The molecule has 3 rings (SSSR count). The van der Waals surface area contributed by atoms with Crippen LogP contribution < -0.4 is 9.47 Å². The van der Waals surface area contributed by atoms with Crippen molar-refractivity contribution in [3.05, 3.63) is 60.2 Å². The van der Waals surface area contributed by atoms with Gasteiger partial charge in [-0.1, -0.05) is 30.3 Å². The maximum absolute atomic E-state index is 12.6. The number of rotatable bonds is 8. The van der Waals surface area contributed by atoms with E-state index in [1.165, 1.54) is 5.01 Å². The van der Waals surface area contributed by atoms with Gasteiger partial charge in [0.25, 0.3) is 5.91 Å². The smallest absolute Gasteiger partial charge is 0.275 e. The topological polar surface area (TPSA) is 76.2 Å². The predicted molar refractivity (Wildman–Crippen MR) is 110 cm³/mol. The monoisotopic (exact) mass is 418 g/mol. The molecule has 0 bridgehead atoms. The minimum absolute atomic E-state index is 0.00955. The van der Waals surface area contributed by atoms with E-state index in [4.69, 9.17) is 9.47 Å². The molecular formula is C21H26N2O5S. The molecule has 156 valence electrons.